The minimum atomic E-state index is -4.35. The zero-order chi connectivity index (χ0) is 25.9. The number of rotatable bonds is 27. The molecule has 0 aromatic rings. The van der Waals surface area contributed by atoms with Crippen molar-refractivity contribution in [1.82, 2.24) is 0 Å². The van der Waals surface area contributed by atoms with E-state index in [-0.39, 0.29) is 13.2 Å². The fourth-order valence-electron chi connectivity index (χ4n) is 3.40. The lowest BCUT2D eigenvalue weighted by atomic mass is 10.1. The van der Waals surface area contributed by atoms with Crippen molar-refractivity contribution < 1.29 is 36.7 Å². The molecule has 0 spiro atoms. The number of hydrogen-bond donors (Lipinski definition) is 1. The van der Waals surface area contributed by atoms with Gasteiger partial charge in [-0.3, -0.25) is 9.35 Å². The monoisotopic (exact) mass is 522 g/mol. The average Bonchev–Trinajstić information content (AvgIpc) is 2.80. The van der Waals surface area contributed by atoms with Gasteiger partial charge in [-0.2, -0.15) is 8.42 Å². The van der Waals surface area contributed by atoms with E-state index in [9.17, 15) is 13.2 Å². The summed E-state index contributed by atoms with van der Waals surface area (Å²) in [5.74, 6) is -2.06. The minimum absolute atomic E-state index is 0.0756. The van der Waals surface area contributed by atoms with Crippen molar-refractivity contribution in [3.63, 3.8) is 0 Å². The van der Waals surface area contributed by atoms with Gasteiger partial charge in [0.05, 0.1) is 33.0 Å². The van der Waals surface area contributed by atoms with E-state index in [0.29, 0.717) is 26.4 Å². The quantitative estimate of drug-likeness (QED) is 0.0651. The lowest BCUT2D eigenvalue weighted by Crippen LogP contribution is -2.20. The Balaban J connectivity index is 3.16. The van der Waals surface area contributed by atoms with Gasteiger partial charge in [-0.05, 0) is 32.1 Å². The zero-order valence-electron chi connectivity index (χ0n) is 21.9. The van der Waals surface area contributed by atoms with Crippen molar-refractivity contribution in [2.45, 2.75) is 96.8 Å². The van der Waals surface area contributed by atoms with E-state index in [4.69, 9.17) is 18.8 Å². The lowest BCUT2D eigenvalue weighted by Gasteiger charge is -2.07. The van der Waals surface area contributed by atoms with Crippen LogP contribution in [0.3, 0.4) is 0 Å². The normalized spacial score (nSPS) is 11.9. The second-order valence-corrected chi connectivity index (χ2v) is 10.2. The maximum Gasteiger partial charge on any atom is 0.323 e. The van der Waals surface area contributed by atoms with Crippen molar-refractivity contribution in [1.29, 1.82) is 0 Å². The summed E-state index contributed by atoms with van der Waals surface area (Å²) >= 11 is 0. The highest BCUT2D eigenvalue weighted by Crippen LogP contribution is 2.10. The predicted molar refractivity (Wildman–Crippen MR) is 139 cm³/mol. The maximum atomic E-state index is 11.0. The van der Waals surface area contributed by atoms with E-state index in [1.165, 1.54) is 83.5 Å². The van der Waals surface area contributed by atoms with Crippen LogP contribution in [0.5, 0.6) is 0 Å². The van der Waals surface area contributed by atoms with E-state index in [2.05, 4.69) is 23.8 Å². The Hall–Kier alpha value is -1.00. The van der Waals surface area contributed by atoms with E-state index >= 15 is 0 Å². The summed E-state index contributed by atoms with van der Waals surface area (Å²) < 4.78 is 50.2. The molecule has 0 saturated heterocycles. The molecule has 0 aromatic heterocycles. The first kappa shape index (κ1) is 34.0. The van der Waals surface area contributed by atoms with Crippen LogP contribution in [0.2, 0.25) is 0 Å². The summed E-state index contributed by atoms with van der Waals surface area (Å²) in [7, 11) is -4.35. The summed E-state index contributed by atoms with van der Waals surface area (Å²) in [5, 5.41) is 0. The highest BCUT2D eigenvalue weighted by Gasteiger charge is 2.13. The minimum Gasteiger partial charge on any atom is -0.462 e. The molecule has 0 heterocycles. The second kappa shape index (κ2) is 26.1. The summed E-state index contributed by atoms with van der Waals surface area (Å²) in [6, 6.07) is 0. The van der Waals surface area contributed by atoms with Gasteiger partial charge in [-0.25, -0.2) is 0 Å². The topological polar surface area (TPSA) is 108 Å². The average molecular weight is 523 g/mol. The van der Waals surface area contributed by atoms with Crippen molar-refractivity contribution in [3.05, 3.63) is 12.2 Å². The first-order chi connectivity index (χ1) is 17.0. The predicted octanol–water partition coefficient (Wildman–Crippen LogP) is 5.50. The van der Waals surface area contributed by atoms with Gasteiger partial charge in [-0.1, -0.05) is 76.9 Å². The van der Waals surface area contributed by atoms with Crippen LogP contribution < -0.4 is 0 Å². The van der Waals surface area contributed by atoms with Crippen LogP contribution in [0, 0.1) is 0 Å². The highest BCUT2D eigenvalue weighted by molar-refractivity contribution is 7.86. The Morgan fingerprint density at radius 2 is 1.06 bits per heavy atom. The molecule has 0 radical (unpaired) electrons. The van der Waals surface area contributed by atoms with Gasteiger partial charge in [0.1, 0.15) is 6.61 Å². The fraction of sp³-hybridized carbons (Fsp3) is 0.885. The Kier molecular flexibility index (Phi) is 25.3. The van der Waals surface area contributed by atoms with E-state index in [1.54, 1.807) is 0 Å². The zero-order valence-corrected chi connectivity index (χ0v) is 22.7. The summed E-state index contributed by atoms with van der Waals surface area (Å²) in [6.45, 7) is 4.87. The molecule has 208 valence electrons. The van der Waals surface area contributed by atoms with Crippen LogP contribution in [0.4, 0.5) is 0 Å². The van der Waals surface area contributed by atoms with Gasteiger partial charge in [0.15, 0.2) is 5.75 Å². The molecule has 9 heteroatoms. The molecule has 35 heavy (non-hydrogen) atoms. The van der Waals surface area contributed by atoms with Crippen LogP contribution in [0.25, 0.3) is 0 Å². The Morgan fingerprint density at radius 1 is 0.629 bits per heavy atom. The van der Waals surface area contributed by atoms with E-state index in [0.717, 1.165) is 13.0 Å². The molecule has 0 atom stereocenters. The van der Waals surface area contributed by atoms with E-state index < -0.39 is 21.8 Å². The molecule has 0 amide bonds. The molecular formula is C26H50O8S. The van der Waals surface area contributed by atoms with Crippen LogP contribution >= 0.6 is 0 Å². The van der Waals surface area contributed by atoms with Crippen LogP contribution in [0.1, 0.15) is 96.8 Å². The van der Waals surface area contributed by atoms with E-state index in [1.807, 2.05) is 0 Å². The number of esters is 1. The third kappa shape index (κ3) is 31.0. The molecule has 0 aliphatic rings. The highest BCUT2D eigenvalue weighted by atomic mass is 32.2. The standard InChI is InChI=1S/C26H50O8S/c1-2-3-4-5-6-7-8-9-10-11-12-13-14-15-16-17-18-31-19-20-32-21-22-33-23-24-34-26(27)25-35(28,29)30/h9-10H,2-8,11-25H2,1H3,(H,28,29,30)/b10-9+. The van der Waals surface area contributed by atoms with Gasteiger partial charge in [0.2, 0.25) is 0 Å². The number of unbranched alkanes of at least 4 members (excludes halogenated alkanes) is 12. The van der Waals surface area contributed by atoms with Crippen molar-refractivity contribution in [2.24, 2.45) is 0 Å². The maximum absolute atomic E-state index is 11.0. The lowest BCUT2D eigenvalue weighted by molar-refractivity contribution is -0.142. The Morgan fingerprint density at radius 3 is 1.57 bits per heavy atom. The third-order valence-electron chi connectivity index (χ3n) is 5.34. The van der Waals surface area contributed by atoms with Crippen molar-refractivity contribution in [2.75, 3.05) is 52.0 Å². The number of carbonyl (C=O) groups excluding carboxylic acids is 1. The Bertz CT molecular complexity index is 592. The number of allylic oxidation sites excluding steroid dienone is 2. The third-order valence-corrected chi connectivity index (χ3v) is 5.94. The van der Waals surface area contributed by atoms with Gasteiger partial charge < -0.3 is 18.9 Å². The molecule has 0 fully saturated rings. The molecular weight excluding hydrogens is 472 g/mol. The SMILES string of the molecule is CCCCCCCC/C=C/CCCCCCCCOCCOCCOCCOC(=O)CS(=O)(=O)O. The number of carbonyl (C=O) groups is 1. The van der Waals surface area contributed by atoms with Crippen molar-refractivity contribution in [3.8, 4) is 0 Å². The number of ether oxygens (including phenoxy) is 4. The fourth-order valence-corrected chi connectivity index (χ4v) is 3.78. The van der Waals surface area contributed by atoms with Crippen LogP contribution in [0.15, 0.2) is 12.2 Å². The van der Waals surface area contributed by atoms with Gasteiger partial charge >= 0.3 is 5.97 Å². The largest absolute Gasteiger partial charge is 0.462 e. The summed E-state index contributed by atoms with van der Waals surface area (Å²) in [5.41, 5.74) is 0. The molecule has 0 aromatic carbocycles. The second-order valence-electron chi connectivity index (χ2n) is 8.72. The molecule has 1 N–H and O–H groups in total. The van der Waals surface area contributed by atoms with Crippen LogP contribution in [-0.2, 0) is 33.9 Å². The Labute approximate surface area is 213 Å². The van der Waals surface area contributed by atoms with Crippen LogP contribution in [-0.4, -0.2) is 70.9 Å². The van der Waals surface area contributed by atoms with Gasteiger partial charge in [0.25, 0.3) is 10.1 Å². The summed E-state index contributed by atoms with van der Waals surface area (Å²) in [6.07, 6.45) is 22.9. The van der Waals surface area contributed by atoms with Crippen molar-refractivity contribution >= 4 is 16.1 Å². The molecule has 8 nitrogen and oxygen atoms in total. The smallest absolute Gasteiger partial charge is 0.323 e. The first-order valence-electron chi connectivity index (χ1n) is 13.4. The molecule has 0 rings (SSSR count). The summed E-state index contributed by atoms with van der Waals surface area (Å²) in [4.78, 5) is 11.0. The molecule has 0 aliphatic heterocycles. The molecule has 0 aliphatic carbocycles. The molecule has 0 unspecified atom stereocenters. The first-order valence-corrected chi connectivity index (χ1v) is 15.1. The molecule has 0 saturated carbocycles. The molecule has 0 bridgehead atoms. The van der Waals surface area contributed by atoms with Gasteiger partial charge in [0, 0.05) is 6.61 Å². The van der Waals surface area contributed by atoms with Gasteiger partial charge in [-0.15, -0.1) is 0 Å². The number of hydrogen-bond acceptors (Lipinski definition) is 7.